The van der Waals surface area contributed by atoms with Crippen LogP contribution >= 0.6 is 11.3 Å². The second-order valence-corrected chi connectivity index (χ2v) is 7.14. The van der Waals surface area contributed by atoms with Gasteiger partial charge >= 0.3 is 0 Å². The highest BCUT2D eigenvalue weighted by molar-refractivity contribution is 7.90. The third-order valence-electron chi connectivity index (χ3n) is 2.55. The molecule has 2 aromatic rings. The number of benzene rings is 1. The SMILES string of the molecule is Cc1sc2ccccc2c1S(=O)(=O)NCC(C)O. The number of nitrogens with one attached hydrogen (secondary N) is 1. The molecule has 0 saturated carbocycles. The Hall–Kier alpha value is -0.950. The number of sulfonamides is 1. The minimum absolute atomic E-state index is 0.0198. The van der Waals surface area contributed by atoms with Gasteiger partial charge in [0.05, 0.1) is 6.10 Å². The monoisotopic (exact) mass is 285 g/mol. The van der Waals surface area contributed by atoms with Crippen LogP contribution in [0.15, 0.2) is 29.2 Å². The minimum Gasteiger partial charge on any atom is -0.392 e. The Labute approximate surface area is 110 Å². The van der Waals surface area contributed by atoms with E-state index >= 15 is 0 Å². The van der Waals surface area contributed by atoms with Crippen molar-refractivity contribution in [3.05, 3.63) is 29.1 Å². The smallest absolute Gasteiger partial charge is 0.242 e. The molecule has 98 valence electrons. The van der Waals surface area contributed by atoms with Gasteiger partial charge in [-0.25, -0.2) is 13.1 Å². The van der Waals surface area contributed by atoms with Crippen molar-refractivity contribution < 1.29 is 13.5 Å². The van der Waals surface area contributed by atoms with E-state index in [2.05, 4.69) is 4.72 Å². The lowest BCUT2D eigenvalue weighted by Gasteiger charge is -2.08. The topological polar surface area (TPSA) is 66.4 Å². The highest BCUT2D eigenvalue weighted by Crippen LogP contribution is 2.33. The van der Waals surface area contributed by atoms with E-state index in [1.807, 2.05) is 18.2 Å². The molecule has 0 aliphatic carbocycles. The molecule has 1 aromatic carbocycles. The summed E-state index contributed by atoms with van der Waals surface area (Å²) in [4.78, 5) is 1.08. The molecule has 0 amide bonds. The van der Waals surface area contributed by atoms with Crippen LogP contribution < -0.4 is 4.72 Å². The average molecular weight is 285 g/mol. The maximum absolute atomic E-state index is 12.2. The van der Waals surface area contributed by atoms with Crippen molar-refractivity contribution in [2.75, 3.05) is 6.54 Å². The van der Waals surface area contributed by atoms with E-state index in [0.29, 0.717) is 4.90 Å². The van der Waals surface area contributed by atoms with Crippen LogP contribution in [0.1, 0.15) is 11.8 Å². The second kappa shape index (κ2) is 4.97. The predicted octanol–water partition coefficient (Wildman–Crippen LogP) is 1.87. The number of fused-ring (bicyclic) bond motifs is 1. The Morgan fingerprint density at radius 2 is 2.06 bits per heavy atom. The first kappa shape index (κ1) is 13.5. The minimum atomic E-state index is -3.57. The summed E-state index contributed by atoms with van der Waals surface area (Å²) < 4.78 is 27.8. The molecule has 0 spiro atoms. The van der Waals surface area contributed by atoms with E-state index in [1.54, 1.807) is 19.9 Å². The van der Waals surface area contributed by atoms with Crippen LogP contribution in [-0.4, -0.2) is 26.2 Å². The second-order valence-electron chi connectivity index (χ2n) is 4.18. The van der Waals surface area contributed by atoms with Crippen molar-refractivity contribution in [3.63, 3.8) is 0 Å². The quantitative estimate of drug-likeness (QED) is 0.901. The van der Waals surface area contributed by atoms with Gasteiger partial charge in [-0.15, -0.1) is 11.3 Å². The van der Waals surface area contributed by atoms with Gasteiger partial charge in [0.2, 0.25) is 10.0 Å². The van der Waals surface area contributed by atoms with Crippen molar-refractivity contribution >= 4 is 31.4 Å². The van der Waals surface area contributed by atoms with E-state index < -0.39 is 16.1 Å². The molecule has 2 rings (SSSR count). The third-order valence-corrected chi connectivity index (χ3v) is 5.38. The zero-order valence-corrected chi connectivity index (χ0v) is 11.8. The number of hydrogen-bond donors (Lipinski definition) is 2. The van der Waals surface area contributed by atoms with Crippen LogP contribution in [0.4, 0.5) is 0 Å². The lowest BCUT2D eigenvalue weighted by atomic mass is 10.2. The fourth-order valence-corrected chi connectivity index (χ4v) is 4.71. The zero-order chi connectivity index (χ0) is 13.3. The number of aryl methyl sites for hydroxylation is 1. The standard InChI is InChI=1S/C12H15NO3S2/c1-8(14)7-13-18(15,16)12-9(2)17-11-6-4-3-5-10(11)12/h3-6,8,13-14H,7H2,1-2H3. The molecule has 0 fully saturated rings. The first-order valence-corrected chi connectivity index (χ1v) is 7.87. The molecule has 1 atom stereocenters. The van der Waals surface area contributed by atoms with Crippen molar-refractivity contribution in [2.24, 2.45) is 0 Å². The van der Waals surface area contributed by atoms with Gasteiger partial charge in [-0.05, 0) is 19.9 Å². The van der Waals surface area contributed by atoms with Crippen LogP contribution in [-0.2, 0) is 10.0 Å². The van der Waals surface area contributed by atoms with Crippen LogP contribution in [0.5, 0.6) is 0 Å². The number of hydrogen-bond acceptors (Lipinski definition) is 4. The highest BCUT2D eigenvalue weighted by Gasteiger charge is 2.22. The molecule has 0 aliphatic rings. The van der Waals surface area contributed by atoms with Gasteiger partial charge in [0.1, 0.15) is 4.90 Å². The summed E-state index contributed by atoms with van der Waals surface area (Å²) in [6.07, 6.45) is -0.704. The maximum Gasteiger partial charge on any atom is 0.242 e. The molecule has 0 radical (unpaired) electrons. The molecule has 0 saturated heterocycles. The maximum atomic E-state index is 12.2. The summed E-state index contributed by atoms with van der Waals surface area (Å²) in [6.45, 7) is 3.36. The molecule has 1 heterocycles. The Morgan fingerprint density at radius 3 is 2.72 bits per heavy atom. The summed E-state index contributed by atoms with van der Waals surface area (Å²) in [6, 6.07) is 7.41. The van der Waals surface area contributed by atoms with Gasteiger partial charge in [0, 0.05) is 21.5 Å². The molecule has 1 unspecified atom stereocenters. The summed E-state index contributed by atoms with van der Waals surface area (Å²) in [5.74, 6) is 0. The lowest BCUT2D eigenvalue weighted by molar-refractivity contribution is 0.198. The van der Waals surface area contributed by atoms with Crippen molar-refractivity contribution in [1.82, 2.24) is 4.72 Å². The van der Waals surface area contributed by atoms with Gasteiger partial charge in [0.25, 0.3) is 0 Å². The van der Waals surface area contributed by atoms with Crippen LogP contribution in [0, 0.1) is 6.92 Å². The normalized spacial score (nSPS) is 13.9. The molecule has 1 aromatic heterocycles. The van der Waals surface area contributed by atoms with Crippen molar-refractivity contribution in [1.29, 1.82) is 0 Å². The zero-order valence-electron chi connectivity index (χ0n) is 10.2. The molecule has 6 heteroatoms. The van der Waals surface area contributed by atoms with Gasteiger partial charge in [0.15, 0.2) is 0 Å². The summed E-state index contributed by atoms with van der Waals surface area (Å²) in [7, 11) is -3.57. The molecular formula is C12H15NO3S2. The van der Waals surface area contributed by atoms with Gasteiger partial charge in [-0.2, -0.15) is 0 Å². The molecular weight excluding hydrogens is 270 g/mol. The number of rotatable bonds is 4. The molecule has 0 aliphatic heterocycles. The van der Waals surface area contributed by atoms with Crippen LogP contribution in [0.2, 0.25) is 0 Å². The van der Waals surface area contributed by atoms with E-state index in [1.165, 1.54) is 11.3 Å². The fraction of sp³-hybridized carbons (Fsp3) is 0.333. The Balaban J connectivity index is 2.50. The summed E-state index contributed by atoms with van der Waals surface area (Å²) >= 11 is 1.46. The lowest BCUT2D eigenvalue weighted by Crippen LogP contribution is -2.30. The number of thiophene rings is 1. The largest absolute Gasteiger partial charge is 0.392 e. The number of aliphatic hydroxyl groups is 1. The molecule has 2 N–H and O–H groups in total. The molecule has 18 heavy (non-hydrogen) atoms. The summed E-state index contributed by atoms with van der Waals surface area (Å²) in [5.41, 5.74) is 0. The van der Waals surface area contributed by atoms with Gasteiger partial charge in [-0.1, -0.05) is 18.2 Å². The Morgan fingerprint density at radius 1 is 1.39 bits per heavy atom. The van der Waals surface area contributed by atoms with E-state index in [-0.39, 0.29) is 6.54 Å². The Kier molecular flexibility index (Phi) is 3.72. The first-order valence-electron chi connectivity index (χ1n) is 5.57. The van der Waals surface area contributed by atoms with E-state index in [9.17, 15) is 13.5 Å². The van der Waals surface area contributed by atoms with Crippen LogP contribution in [0.25, 0.3) is 10.1 Å². The predicted molar refractivity (Wildman–Crippen MR) is 73.4 cm³/mol. The van der Waals surface area contributed by atoms with Crippen molar-refractivity contribution in [2.45, 2.75) is 24.8 Å². The fourth-order valence-electron chi connectivity index (χ4n) is 1.78. The Bertz CT molecular complexity index is 659. The van der Waals surface area contributed by atoms with Crippen LogP contribution in [0.3, 0.4) is 0 Å². The van der Waals surface area contributed by atoms with Crippen molar-refractivity contribution in [3.8, 4) is 0 Å². The summed E-state index contributed by atoms with van der Waals surface area (Å²) in [5, 5.41) is 9.91. The van der Waals surface area contributed by atoms with E-state index in [0.717, 1.165) is 15.0 Å². The first-order chi connectivity index (χ1) is 8.42. The van der Waals surface area contributed by atoms with Gasteiger partial charge in [-0.3, -0.25) is 0 Å². The van der Waals surface area contributed by atoms with Gasteiger partial charge < -0.3 is 5.11 Å². The molecule has 4 nitrogen and oxygen atoms in total. The van der Waals surface area contributed by atoms with E-state index in [4.69, 9.17) is 0 Å². The number of aliphatic hydroxyl groups excluding tert-OH is 1. The third kappa shape index (κ3) is 2.56. The highest BCUT2D eigenvalue weighted by atomic mass is 32.2. The average Bonchev–Trinajstić information content (AvgIpc) is 2.63. The molecule has 0 bridgehead atoms.